The number of rotatable bonds is 2. The van der Waals surface area contributed by atoms with Gasteiger partial charge in [-0.25, -0.2) is 0 Å². The third-order valence-corrected chi connectivity index (χ3v) is 6.02. The molecule has 26 heavy (non-hydrogen) atoms. The summed E-state index contributed by atoms with van der Waals surface area (Å²) in [6.45, 7) is 4.32. The number of hydrogen-bond donors (Lipinski definition) is 2. The largest absolute Gasteiger partial charge is 0.402 e. The van der Waals surface area contributed by atoms with Crippen molar-refractivity contribution < 1.29 is 9.53 Å². The maximum absolute atomic E-state index is 12.4. The van der Waals surface area contributed by atoms with Crippen molar-refractivity contribution in [2.75, 3.05) is 31.7 Å². The molecular formula is C21H27N3O2. The predicted molar refractivity (Wildman–Crippen MR) is 103 cm³/mol. The molecule has 4 rings (SSSR count). The van der Waals surface area contributed by atoms with Crippen LogP contribution in [-0.4, -0.2) is 38.8 Å². The first-order valence-corrected chi connectivity index (χ1v) is 9.40. The summed E-state index contributed by atoms with van der Waals surface area (Å²) in [5, 5.41) is 2.82. The second-order valence-electron chi connectivity index (χ2n) is 7.56. The van der Waals surface area contributed by atoms with Crippen LogP contribution in [-0.2, 0) is 16.0 Å². The number of benzene rings is 1. The van der Waals surface area contributed by atoms with Gasteiger partial charge >= 0.3 is 0 Å². The minimum absolute atomic E-state index is 0.0615. The third-order valence-electron chi connectivity index (χ3n) is 6.02. The van der Waals surface area contributed by atoms with E-state index in [9.17, 15) is 4.79 Å². The van der Waals surface area contributed by atoms with Crippen molar-refractivity contribution in [1.29, 1.82) is 0 Å². The standard InChI is InChI=1S/C21H27N3O2/c1-13-3-6-16(22)11-17(13)14-4-5-15-9-18(21(25)23-2)20-12-26-8-7-24(20)19(15)10-14/h3-6,10,17-18,20H,7-9,11-12,22H2,1-2H3,(H,23,25)/t17?,18-,20-/m1/s1. The first kappa shape index (κ1) is 17.2. The molecule has 0 spiro atoms. The minimum Gasteiger partial charge on any atom is -0.402 e. The van der Waals surface area contributed by atoms with Gasteiger partial charge in [0.05, 0.1) is 25.2 Å². The second kappa shape index (κ2) is 6.80. The molecule has 3 aliphatic rings. The van der Waals surface area contributed by atoms with E-state index < -0.39 is 0 Å². The molecule has 5 heteroatoms. The molecule has 3 N–H and O–H groups in total. The molecule has 1 aliphatic carbocycles. The summed E-state index contributed by atoms with van der Waals surface area (Å²) in [5.41, 5.74) is 12.2. The van der Waals surface area contributed by atoms with Gasteiger partial charge in [0, 0.05) is 30.9 Å². The Balaban J connectivity index is 1.70. The molecule has 1 unspecified atom stereocenters. The van der Waals surface area contributed by atoms with Crippen molar-refractivity contribution in [2.24, 2.45) is 11.7 Å². The van der Waals surface area contributed by atoms with E-state index in [2.05, 4.69) is 41.4 Å². The average molecular weight is 353 g/mol. The average Bonchev–Trinajstić information content (AvgIpc) is 2.68. The normalized spacial score (nSPS) is 27.8. The van der Waals surface area contributed by atoms with Gasteiger partial charge in [-0.3, -0.25) is 4.79 Å². The predicted octanol–water partition coefficient (Wildman–Crippen LogP) is 2.09. The zero-order chi connectivity index (χ0) is 18.3. The van der Waals surface area contributed by atoms with Gasteiger partial charge in [0.1, 0.15) is 0 Å². The number of anilines is 1. The van der Waals surface area contributed by atoms with E-state index in [0.29, 0.717) is 19.1 Å². The van der Waals surface area contributed by atoms with Crippen LogP contribution in [0, 0.1) is 5.92 Å². The number of nitrogens with zero attached hydrogens (tertiary/aromatic N) is 1. The Kier molecular flexibility index (Phi) is 4.49. The van der Waals surface area contributed by atoms with E-state index in [0.717, 1.165) is 25.1 Å². The second-order valence-corrected chi connectivity index (χ2v) is 7.56. The summed E-state index contributed by atoms with van der Waals surface area (Å²) in [5.74, 6) is 0.374. The van der Waals surface area contributed by atoms with E-state index in [1.807, 2.05) is 6.08 Å². The van der Waals surface area contributed by atoms with Crippen LogP contribution in [0.3, 0.4) is 0 Å². The number of allylic oxidation sites excluding steroid dienone is 4. The third kappa shape index (κ3) is 2.90. The van der Waals surface area contributed by atoms with Crippen LogP contribution < -0.4 is 16.0 Å². The zero-order valence-corrected chi connectivity index (χ0v) is 15.5. The zero-order valence-electron chi connectivity index (χ0n) is 15.5. The van der Waals surface area contributed by atoms with Crippen LogP contribution in [0.2, 0.25) is 0 Å². The Hall–Kier alpha value is -2.27. The molecule has 5 nitrogen and oxygen atoms in total. The number of nitrogens with two attached hydrogens (primary N) is 1. The summed E-state index contributed by atoms with van der Waals surface area (Å²) in [4.78, 5) is 14.8. The van der Waals surface area contributed by atoms with Crippen LogP contribution in [0.1, 0.15) is 30.4 Å². The van der Waals surface area contributed by atoms with Gasteiger partial charge in [-0.1, -0.05) is 23.8 Å². The summed E-state index contributed by atoms with van der Waals surface area (Å²) < 4.78 is 5.70. The topological polar surface area (TPSA) is 67.6 Å². The fraction of sp³-hybridized carbons (Fsp3) is 0.476. The van der Waals surface area contributed by atoms with Crippen LogP contribution >= 0.6 is 0 Å². The van der Waals surface area contributed by atoms with Gasteiger partial charge in [-0.15, -0.1) is 0 Å². The lowest BCUT2D eigenvalue weighted by Gasteiger charge is -2.45. The van der Waals surface area contributed by atoms with Crippen molar-refractivity contribution in [3.63, 3.8) is 0 Å². The van der Waals surface area contributed by atoms with E-state index in [1.54, 1.807) is 7.05 Å². The molecule has 2 heterocycles. The van der Waals surface area contributed by atoms with E-state index in [4.69, 9.17) is 10.5 Å². The van der Waals surface area contributed by atoms with Gasteiger partial charge in [-0.05, 0) is 43.0 Å². The Morgan fingerprint density at radius 3 is 2.96 bits per heavy atom. The molecule has 0 bridgehead atoms. The number of nitrogens with one attached hydrogen (secondary N) is 1. The first-order chi connectivity index (χ1) is 12.6. The highest BCUT2D eigenvalue weighted by atomic mass is 16.5. The quantitative estimate of drug-likeness (QED) is 0.854. The molecule has 138 valence electrons. The number of morpholine rings is 1. The van der Waals surface area contributed by atoms with Crippen molar-refractivity contribution in [1.82, 2.24) is 5.32 Å². The van der Waals surface area contributed by atoms with Crippen molar-refractivity contribution >= 4 is 11.6 Å². The van der Waals surface area contributed by atoms with Gasteiger partial charge in [0.2, 0.25) is 5.91 Å². The number of fused-ring (bicyclic) bond motifs is 3. The minimum atomic E-state index is -0.0615. The molecule has 2 aliphatic heterocycles. The van der Waals surface area contributed by atoms with Gasteiger partial charge < -0.3 is 20.7 Å². The smallest absolute Gasteiger partial charge is 0.225 e. The monoisotopic (exact) mass is 353 g/mol. The molecule has 1 amide bonds. The number of ether oxygens (including phenoxy) is 1. The number of hydrogen-bond acceptors (Lipinski definition) is 4. The highest BCUT2D eigenvalue weighted by Gasteiger charge is 2.40. The molecule has 0 saturated carbocycles. The van der Waals surface area contributed by atoms with E-state index in [-0.39, 0.29) is 17.9 Å². The lowest BCUT2D eigenvalue weighted by atomic mass is 9.80. The highest BCUT2D eigenvalue weighted by Crippen LogP contribution is 2.40. The first-order valence-electron chi connectivity index (χ1n) is 9.40. The number of carbonyl (C=O) groups is 1. The van der Waals surface area contributed by atoms with Crippen molar-refractivity contribution in [3.05, 3.63) is 52.7 Å². The Bertz CT molecular complexity index is 783. The lowest BCUT2D eigenvalue weighted by Crippen LogP contribution is -2.56. The van der Waals surface area contributed by atoms with Gasteiger partial charge in [0.15, 0.2) is 0 Å². The Labute approximate surface area is 154 Å². The molecule has 1 fully saturated rings. The van der Waals surface area contributed by atoms with E-state index in [1.165, 1.54) is 22.4 Å². The SMILES string of the molecule is CNC(=O)[C@@H]1Cc2ccc(C3CC(N)=CC=C3C)cc2N2CCOC[C@H]12. The molecule has 1 saturated heterocycles. The molecule has 3 atom stereocenters. The highest BCUT2D eigenvalue weighted by molar-refractivity contribution is 5.82. The van der Waals surface area contributed by atoms with Gasteiger partial charge in [0.25, 0.3) is 0 Å². The van der Waals surface area contributed by atoms with Crippen LogP contribution in [0.4, 0.5) is 5.69 Å². The molecule has 0 radical (unpaired) electrons. The van der Waals surface area contributed by atoms with Gasteiger partial charge in [-0.2, -0.15) is 0 Å². The fourth-order valence-corrected chi connectivity index (χ4v) is 4.52. The Morgan fingerprint density at radius 1 is 1.31 bits per heavy atom. The molecule has 1 aromatic carbocycles. The summed E-state index contributed by atoms with van der Waals surface area (Å²) in [6.07, 6.45) is 5.77. The Morgan fingerprint density at radius 2 is 2.15 bits per heavy atom. The number of carbonyl (C=O) groups excluding carboxylic acids is 1. The lowest BCUT2D eigenvalue weighted by molar-refractivity contribution is -0.126. The molecule has 1 aromatic rings. The summed E-state index contributed by atoms with van der Waals surface area (Å²) in [7, 11) is 1.71. The van der Waals surface area contributed by atoms with Crippen LogP contribution in [0.15, 0.2) is 41.6 Å². The fourth-order valence-electron chi connectivity index (χ4n) is 4.52. The maximum Gasteiger partial charge on any atom is 0.225 e. The van der Waals surface area contributed by atoms with Crippen LogP contribution in [0.25, 0.3) is 0 Å². The molecule has 0 aromatic heterocycles. The summed E-state index contributed by atoms with van der Waals surface area (Å²) >= 11 is 0. The van der Waals surface area contributed by atoms with Crippen molar-refractivity contribution in [3.8, 4) is 0 Å². The summed E-state index contributed by atoms with van der Waals surface area (Å²) in [6, 6.07) is 6.84. The van der Waals surface area contributed by atoms with Crippen molar-refractivity contribution in [2.45, 2.75) is 31.7 Å². The van der Waals surface area contributed by atoms with Crippen LogP contribution in [0.5, 0.6) is 0 Å². The number of amides is 1. The van der Waals surface area contributed by atoms with E-state index >= 15 is 0 Å². The maximum atomic E-state index is 12.4. The molecular weight excluding hydrogens is 326 g/mol.